The van der Waals surface area contributed by atoms with E-state index in [1.54, 1.807) is 0 Å². The molecule has 0 aliphatic carbocycles. The molecule has 4 nitrogen and oxygen atoms in total. The first-order chi connectivity index (χ1) is 8.88. The molecule has 1 amide bonds. The monoisotopic (exact) mass is 274 g/mol. The highest BCUT2D eigenvalue weighted by Gasteiger charge is 2.33. The van der Waals surface area contributed by atoms with Crippen LogP contribution >= 0.6 is 0 Å². The van der Waals surface area contributed by atoms with Gasteiger partial charge in [0.25, 0.3) is 0 Å². The summed E-state index contributed by atoms with van der Waals surface area (Å²) in [6.07, 6.45) is -3.86. The van der Waals surface area contributed by atoms with Crippen LogP contribution in [0.3, 0.4) is 0 Å². The Kier molecular flexibility index (Phi) is 3.75. The molecule has 0 radical (unpaired) electrons. The van der Waals surface area contributed by atoms with Crippen molar-refractivity contribution in [1.82, 2.24) is 4.98 Å². The molecule has 1 atom stereocenters. The van der Waals surface area contributed by atoms with E-state index in [0.29, 0.717) is 25.3 Å². The van der Waals surface area contributed by atoms with Gasteiger partial charge < -0.3 is 10.1 Å². The summed E-state index contributed by atoms with van der Waals surface area (Å²) in [5.74, 6) is -0.496. The van der Waals surface area contributed by atoms with Gasteiger partial charge in [-0.25, -0.2) is 4.98 Å². The number of nitrogens with zero attached hydrogens (tertiary/aromatic N) is 1. The Bertz CT molecular complexity index is 482. The quantitative estimate of drug-likeness (QED) is 0.900. The van der Waals surface area contributed by atoms with Crippen molar-refractivity contribution in [3.05, 3.63) is 23.5 Å². The van der Waals surface area contributed by atoms with Crippen LogP contribution in [0, 0.1) is 12.8 Å². The molecule has 7 heteroatoms. The minimum absolute atomic E-state index is 0.141. The van der Waals surface area contributed by atoms with Crippen molar-refractivity contribution in [3.8, 4) is 0 Å². The van der Waals surface area contributed by atoms with Crippen LogP contribution in [0.1, 0.15) is 17.8 Å². The number of ether oxygens (including phenoxy) is 1. The van der Waals surface area contributed by atoms with Crippen molar-refractivity contribution in [2.24, 2.45) is 5.92 Å². The summed E-state index contributed by atoms with van der Waals surface area (Å²) in [4.78, 5) is 15.3. The minimum atomic E-state index is -4.48. The van der Waals surface area contributed by atoms with Crippen LogP contribution in [0.5, 0.6) is 0 Å². The van der Waals surface area contributed by atoms with E-state index in [1.165, 1.54) is 13.0 Å². The van der Waals surface area contributed by atoms with Gasteiger partial charge in [-0.2, -0.15) is 13.2 Å². The third-order valence-electron chi connectivity index (χ3n) is 2.93. The van der Waals surface area contributed by atoms with Crippen LogP contribution in [-0.2, 0) is 15.7 Å². The summed E-state index contributed by atoms with van der Waals surface area (Å²) in [6.45, 7) is 2.30. The number of anilines is 1. The van der Waals surface area contributed by atoms with Gasteiger partial charge in [-0.05, 0) is 25.5 Å². The summed E-state index contributed by atoms with van der Waals surface area (Å²) in [5, 5.41) is 2.58. The lowest BCUT2D eigenvalue weighted by atomic mass is 10.1. The van der Waals surface area contributed by atoms with Gasteiger partial charge in [0.15, 0.2) is 0 Å². The smallest absolute Gasteiger partial charge is 0.381 e. The number of aromatic nitrogens is 1. The second-order valence-electron chi connectivity index (χ2n) is 4.38. The Morgan fingerprint density at radius 2 is 2.21 bits per heavy atom. The molecule has 1 aromatic rings. The highest BCUT2D eigenvalue weighted by atomic mass is 19.4. The average molecular weight is 274 g/mol. The van der Waals surface area contributed by atoms with Crippen LogP contribution in [0.25, 0.3) is 0 Å². The molecule has 0 bridgehead atoms. The van der Waals surface area contributed by atoms with Crippen molar-refractivity contribution >= 4 is 11.6 Å². The Morgan fingerprint density at radius 1 is 1.47 bits per heavy atom. The SMILES string of the molecule is Cc1nc(C(F)(F)F)ccc1NC(=O)[C@H]1CCOC1. The fraction of sp³-hybridized carbons (Fsp3) is 0.500. The molecule has 1 aliphatic heterocycles. The van der Waals surface area contributed by atoms with Gasteiger partial charge in [0.2, 0.25) is 5.91 Å². The molecule has 0 unspecified atom stereocenters. The van der Waals surface area contributed by atoms with Gasteiger partial charge in [-0.15, -0.1) is 0 Å². The van der Waals surface area contributed by atoms with Gasteiger partial charge in [0.05, 0.1) is 23.9 Å². The van der Waals surface area contributed by atoms with E-state index in [4.69, 9.17) is 4.74 Å². The highest BCUT2D eigenvalue weighted by Crippen LogP contribution is 2.29. The van der Waals surface area contributed by atoms with Crippen LogP contribution in [0.15, 0.2) is 12.1 Å². The van der Waals surface area contributed by atoms with Crippen LogP contribution in [0.2, 0.25) is 0 Å². The number of rotatable bonds is 2. The van der Waals surface area contributed by atoms with E-state index in [9.17, 15) is 18.0 Å². The van der Waals surface area contributed by atoms with E-state index in [0.717, 1.165) is 6.07 Å². The number of hydrogen-bond acceptors (Lipinski definition) is 3. The summed E-state index contributed by atoms with van der Waals surface area (Å²) in [5.41, 5.74) is -0.529. The third kappa shape index (κ3) is 3.23. The number of aryl methyl sites for hydroxylation is 1. The highest BCUT2D eigenvalue weighted by molar-refractivity contribution is 5.93. The summed E-state index contributed by atoms with van der Waals surface area (Å²) >= 11 is 0. The topological polar surface area (TPSA) is 51.2 Å². The Labute approximate surface area is 108 Å². The van der Waals surface area contributed by atoms with E-state index in [2.05, 4.69) is 10.3 Å². The Hall–Kier alpha value is -1.63. The number of alkyl halides is 3. The number of carbonyl (C=O) groups excluding carboxylic acids is 1. The number of hydrogen-bond donors (Lipinski definition) is 1. The minimum Gasteiger partial charge on any atom is -0.381 e. The fourth-order valence-electron chi connectivity index (χ4n) is 1.83. The first-order valence-corrected chi connectivity index (χ1v) is 5.81. The lowest BCUT2D eigenvalue weighted by Gasteiger charge is -2.13. The molecule has 19 heavy (non-hydrogen) atoms. The second-order valence-corrected chi connectivity index (χ2v) is 4.38. The van der Waals surface area contributed by atoms with Crippen molar-refractivity contribution in [2.45, 2.75) is 19.5 Å². The number of nitrogens with one attached hydrogen (secondary N) is 1. The molecule has 2 heterocycles. The maximum absolute atomic E-state index is 12.4. The standard InChI is InChI=1S/C12H13F3N2O2/c1-7-9(2-3-10(16-7)12(13,14)15)17-11(18)8-4-5-19-6-8/h2-3,8H,4-6H2,1H3,(H,17,18)/t8-/m0/s1. The van der Waals surface area contributed by atoms with Crippen molar-refractivity contribution in [1.29, 1.82) is 0 Å². The Morgan fingerprint density at radius 3 is 2.74 bits per heavy atom. The van der Waals surface area contributed by atoms with Crippen molar-refractivity contribution in [3.63, 3.8) is 0 Å². The zero-order chi connectivity index (χ0) is 14.0. The van der Waals surface area contributed by atoms with Gasteiger partial charge in [-0.3, -0.25) is 4.79 Å². The second kappa shape index (κ2) is 5.16. The van der Waals surface area contributed by atoms with Crippen molar-refractivity contribution in [2.75, 3.05) is 18.5 Å². The number of pyridine rings is 1. The molecule has 2 rings (SSSR count). The third-order valence-corrected chi connectivity index (χ3v) is 2.93. The van der Waals surface area contributed by atoms with E-state index >= 15 is 0 Å². The molecular weight excluding hydrogens is 261 g/mol. The fourth-order valence-corrected chi connectivity index (χ4v) is 1.83. The average Bonchev–Trinajstić information content (AvgIpc) is 2.84. The van der Waals surface area contributed by atoms with Gasteiger partial charge in [0, 0.05) is 6.61 Å². The summed E-state index contributed by atoms with van der Waals surface area (Å²) in [6, 6.07) is 2.08. The maximum Gasteiger partial charge on any atom is 0.433 e. The zero-order valence-electron chi connectivity index (χ0n) is 10.3. The number of halogens is 3. The lowest BCUT2D eigenvalue weighted by Crippen LogP contribution is -2.23. The van der Waals surface area contributed by atoms with E-state index in [1.807, 2.05) is 0 Å². The van der Waals surface area contributed by atoms with Crippen LogP contribution in [0.4, 0.5) is 18.9 Å². The molecule has 1 aromatic heterocycles. The number of carbonyl (C=O) groups is 1. The molecule has 0 aromatic carbocycles. The van der Waals surface area contributed by atoms with Gasteiger partial charge in [0.1, 0.15) is 5.69 Å². The molecule has 0 saturated carbocycles. The summed E-state index contributed by atoms with van der Waals surface area (Å²) in [7, 11) is 0. The number of amides is 1. The van der Waals surface area contributed by atoms with Crippen molar-refractivity contribution < 1.29 is 22.7 Å². The summed E-state index contributed by atoms with van der Waals surface area (Å²) < 4.78 is 42.4. The first-order valence-electron chi connectivity index (χ1n) is 5.81. The molecular formula is C12H13F3N2O2. The molecule has 1 fully saturated rings. The van der Waals surface area contributed by atoms with Crippen LogP contribution in [-0.4, -0.2) is 24.1 Å². The molecule has 104 valence electrons. The maximum atomic E-state index is 12.4. The van der Waals surface area contributed by atoms with E-state index < -0.39 is 11.9 Å². The molecule has 1 saturated heterocycles. The lowest BCUT2D eigenvalue weighted by molar-refractivity contribution is -0.141. The zero-order valence-corrected chi connectivity index (χ0v) is 10.3. The predicted octanol–water partition coefficient (Wildman–Crippen LogP) is 2.38. The van der Waals surface area contributed by atoms with Crippen LogP contribution < -0.4 is 5.32 Å². The molecule has 1 aliphatic rings. The normalized spacial score (nSPS) is 19.5. The first kappa shape index (κ1) is 13.8. The Balaban J connectivity index is 2.11. The molecule has 0 spiro atoms. The van der Waals surface area contributed by atoms with E-state index in [-0.39, 0.29) is 17.5 Å². The predicted molar refractivity (Wildman–Crippen MR) is 61.5 cm³/mol. The van der Waals surface area contributed by atoms with Gasteiger partial charge in [-0.1, -0.05) is 0 Å². The van der Waals surface area contributed by atoms with Gasteiger partial charge >= 0.3 is 6.18 Å². The largest absolute Gasteiger partial charge is 0.433 e. The molecule has 1 N–H and O–H groups in total.